The number of nitrogens with zero attached hydrogens (tertiary/aromatic N) is 4. The van der Waals surface area contributed by atoms with E-state index in [0.29, 0.717) is 65.1 Å². The molecular formula is C33H41F3N4O5. The van der Waals surface area contributed by atoms with Crippen LogP contribution >= 0.6 is 0 Å². The normalized spacial score (nSPS) is 22.2. The van der Waals surface area contributed by atoms with Gasteiger partial charge in [-0.15, -0.1) is 0 Å². The Labute approximate surface area is 261 Å². The average Bonchev–Trinajstić information content (AvgIpc) is 3.06. The summed E-state index contributed by atoms with van der Waals surface area (Å²) in [6.45, 7) is 3.47. The van der Waals surface area contributed by atoms with E-state index in [9.17, 15) is 22.8 Å². The van der Waals surface area contributed by atoms with Gasteiger partial charge in [-0.05, 0) is 56.7 Å². The van der Waals surface area contributed by atoms with Gasteiger partial charge in [-0.25, -0.2) is 4.98 Å². The molecule has 2 amide bonds. The van der Waals surface area contributed by atoms with Gasteiger partial charge >= 0.3 is 6.18 Å². The highest BCUT2D eigenvalue weighted by Crippen LogP contribution is 2.38. The Balaban J connectivity index is 1.36. The van der Waals surface area contributed by atoms with Crippen molar-refractivity contribution in [2.24, 2.45) is 5.92 Å². The Kier molecular flexibility index (Phi) is 10.9. The summed E-state index contributed by atoms with van der Waals surface area (Å²) in [5.74, 6) is -0.960. The number of hydrogen-bond acceptors (Lipinski definition) is 7. The standard InChI is InChI=1S/C33H41F3N4O5/c1-43-22-23-44-28-13-7-6-12-27(28)38-17-19-39(20-18-38)31(41)24-10-9-16-40-26(24)11-5-3-2-4-8-21-45-30-29(32(40)42)25(14-15-37-30)33(34,35)36/h3,5-7,12-15,24,26H,2,4,8-11,16-23H2,1H3/b5-3-/t24?,26-/m1/s1. The van der Waals surface area contributed by atoms with E-state index in [-0.39, 0.29) is 24.9 Å². The van der Waals surface area contributed by atoms with Crippen molar-refractivity contribution in [2.45, 2.75) is 50.7 Å². The second-order valence-electron chi connectivity index (χ2n) is 11.5. The molecule has 2 fully saturated rings. The van der Waals surface area contributed by atoms with E-state index >= 15 is 0 Å². The fourth-order valence-corrected chi connectivity index (χ4v) is 6.39. The van der Waals surface area contributed by atoms with Crippen LogP contribution in [0.4, 0.5) is 18.9 Å². The van der Waals surface area contributed by atoms with Crippen LogP contribution in [0.5, 0.6) is 11.6 Å². The lowest BCUT2D eigenvalue weighted by molar-refractivity contribution is -0.140. The zero-order valence-electron chi connectivity index (χ0n) is 25.6. The summed E-state index contributed by atoms with van der Waals surface area (Å²) >= 11 is 0. The van der Waals surface area contributed by atoms with E-state index in [4.69, 9.17) is 14.2 Å². The van der Waals surface area contributed by atoms with Crippen molar-refractivity contribution in [3.05, 3.63) is 59.8 Å². The second kappa shape index (κ2) is 15.0. The van der Waals surface area contributed by atoms with Crippen LogP contribution in [-0.2, 0) is 15.7 Å². The number of allylic oxidation sites excluding steroid dienone is 1. The molecular weight excluding hydrogens is 589 g/mol. The molecule has 2 saturated heterocycles. The third-order valence-electron chi connectivity index (χ3n) is 8.68. The van der Waals surface area contributed by atoms with E-state index in [0.717, 1.165) is 36.5 Å². The number of carbonyl (C=O) groups excluding carboxylic acids is 2. The number of rotatable bonds is 6. The summed E-state index contributed by atoms with van der Waals surface area (Å²) < 4.78 is 59.2. The maximum Gasteiger partial charge on any atom is 0.417 e. The lowest BCUT2D eigenvalue weighted by Crippen LogP contribution is -2.56. The summed E-state index contributed by atoms with van der Waals surface area (Å²) in [7, 11) is 1.62. The molecule has 3 aliphatic rings. The van der Waals surface area contributed by atoms with Crippen LogP contribution < -0.4 is 14.4 Å². The lowest BCUT2D eigenvalue weighted by Gasteiger charge is -2.44. The Morgan fingerprint density at radius 2 is 1.82 bits per heavy atom. The number of fused-ring (bicyclic) bond motifs is 2. The summed E-state index contributed by atoms with van der Waals surface area (Å²) in [4.78, 5) is 37.6. The van der Waals surface area contributed by atoms with E-state index in [1.54, 1.807) is 7.11 Å². The second-order valence-corrected chi connectivity index (χ2v) is 11.5. The number of halogens is 3. The van der Waals surface area contributed by atoms with E-state index in [1.807, 2.05) is 41.3 Å². The molecule has 1 aromatic heterocycles. The van der Waals surface area contributed by atoms with Crippen molar-refractivity contribution in [3.63, 3.8) is 0 Å². The largest absolute Gasteiger partial charge is 0.489 e. The van der Waals surface area contributed by atoms with Gasteiger partial charge in [-0.1, -0.05) is 24.3 Å². The van der Waals surface area contributed by atoms with Crippen LogP contribution in [0.3, 0.4) is 0 Å². The molecule has 0 bridgehead atoms. The highest BCUT2D eigenvalue weighted by atomic mass is 19.4. The number of hydrogen-bond donors (Lipinski definition) is 0. The zero-order valence-corrected chi connectivity index (χ0v) is 25.6. The number of piperazine rings is 1. The summed E-state index contributed by atoms with van der Waals surface area (Å²) in [6.07, 6.45) is 3.84. The molecule has 0 saturated carbocycles. The van der Waals surface area contributed by atoms with Gasteiger partial charge in [0.25, 0.3) is 5.91 Å². The van der Waals surface area contributed by atoms with Crippen molar-refractivity contribution in [3.8, 4) is 11.6 Å². The average molecular weight is 631 g/mol. The summed E-state index contributed by atoms with van der Waals surface area (Å²) in [6, 6.07) is 8.01. The molecule has 2 aromatic rings. The lowest BCUT2D eigenvalue weighted by atomic mass is 9.84. The van der Waals surface area contributed by atoms with Crippen molar-refractivity contribution in [1.82, 2.24) is 14.8 Å². The smallest absolute Gasteiger partial charge is 0.417 e. The molecule has 244 valence electrons. The number of anilines is 1. The van der Waals surface area contributed by atoms with Gasteiger partial charge in [0.2, 0.25) is 11.8 Å². The molecule has 0 radical (unpaired) electrons. The predicted molar refractivity (Wildman–Crippen MR) is 162 cm³/mol. The van der Waals surface area contributed by atoms with Crippen LogP contribution in [0.1, 0.15) is 54.4 Å². The fraction of sp³-hybridized carbons (Fsp3) is 0.545. The maximum absolute atomic E-state index is 14.2. The Hall–Kier alpha value is -3.80. The Bertz CT molecular complexity index is 1350. The first-order chi connectivity index (χ1) is 21.8. The topological polar surface area (TPSA) is 84.4 Å². The molecule has 12 heteroatoms. The number of aromatic nitrogens is 1. The van der Waals surface area contributed by atoms with Crippen molar-refractivity contribution in [2.75, 3.05) is 64.6 Å². The molecule has 3 aliphatic heterocycles. The van der Waals surface area contributed by atoms with Crippen molar-refractivity contribution < 1.29 is 37.0 Å². The molecule has 0 spiro atoms. The van der Waals surface area contributed by atoms with E-state index < -0.39 is 35.2 Å². The molecule has 45 heavy (non-hydrogen) atoms. The van der Waals surface area contributed by atoms with Crippen molar-refractivity contribution in [1.29, 1.82) is 0 Å². The number of amides is 2. The number of ether oxygens (including phenoxy) is 3. The first-order valence-electron chi connectivity index (χ1n) is 15.7. The maximum atomic E-state index is 14.2. The molecule has 4 heterocycles. The minimum absolute atomic E-state index is 0.0711. The van der Waals surface area contributed by atoms with Gasteiger partial charge < -0.3 is 28.9 Å². The predicted octanol–water partition coefficient (Wildman–Crippen LogP) is 5.20. The van der Waals surface area contributed by atoms with Gasteiger partial charge in [0.05, 0.1) is 30.4 Å². The molecule has 0 N–H and O–H groups in total. The molecule has 1 aromatic carbocycles. The Morgan fingerprint density at radius 3 is 2.60 bits per heavy atom. The van der Waals surface area contributed by atoms with Gasteiger partial charge in [0, 0.05) is 52.1 Å². The fourth-order valence-electron chi connectivity index (χ4n) is 6.39. The molecule has 5 rings (SSSR count). The highest BCUT2D eigenvalue weighted by molar-refractivity contribution is 5.99. The van der Waals surface area contributed by atoms with Gasteiger partial charge in [0.1, 0.15) is 17.9 Å². The SMILES string of the molecule is COCCOc1ccccc1N1CCN(C(=O)C2CCCN3C(=O)c4c(C(F)(F)F)ccnc4OCCCC/C=C\C[C@H]23)CC1. The van der Waals surface area contributed by atoms with Crippen LogP contribution in [0, 0.1) is 5.92 Å². The summed E-state index contributed by atoms with van der Waals surface area (Å²) in [5.41, 5.74) is -0.700. The monoisotopic (exact) mass is 630 g/mol. The quantitative estimate of drug-likeness (QED) is 0.320. The third-order valence-corrected chi connectivity index (χ3v) is 8.68. The minimum atomic E-state index is -4.77. The molecule has 9 nitrogen and oxygen atoms in total. The molecule has 0 aliphatic carbocycles. The number of pyridine rings is 1. The minimum Gasteiger partial charge on any atom is -0.489 e. The number of para-hydroxylation sites is 2. The number of carbonyl (C=O) groups is 2. The molecule has 2 atom stereocenters. The molecule has 1 unspecified atom stereocenters. The first-order valence-corrected chi connectivity index (χ1v) is 15.7. The van der Waals surface area contributed by atoms with Crippen LogP contribution in [-0.4, -0.2) is 92.3 Å². The number of alkyl halides is 3. The van der Waals surface area contributed by atoms with Crippen LogP contribution in [0.25, 0.3) is 0 Å². The Morgan fingerprint density at radius 1 is 1.02 bits per heavy atom. The van der Waals surface area contributed by atoms with Crippen LogP contribution in [0.15, 0.2) is 48.7 Å². The van der Waals surface area contributed by atoms with E-state index in [1.165, 1.54) is 4.90 Å². The van der Waals surface area contributed by atoms with Gasteiger partial charge in [0.15, 0.2) is 0 Å². The third kappa shape index (κ3) is 7.71. The van der Waals surface area contributed by atoms with Gasteiger partial charge in [-0.2, -0.15) is 13.2 Å². The van der Waals surface area contributed by atoms with Crippen LogP contribution in [0.2, 0.25) is 0 Å². The highest BCUT2D eigenvalue weighted by Gasteiger charge is 2.44. The number of benzene rings is 1. The summed E-state index contributed by atoms with van der Waals surface area (Å²) in [5, 5.41) is 0. The van der Waals surface area contributed by atoms with E-state index in [2.05, 4.69) is 9.88 Å². The first kappa shape index (κ1) is 32.6. The zero-order chi connectivity index (χ0) is 31.8. The number of methoxy groups -OCH3 is 1. The van der Waals surface area contributed by atoms with Gasteiger partial charge in [-0.3, -0.25) is 9.59 Å². The van der Waals surface area contributed by atoms with Crippen molar-refractivity contribution >= 4 is 17.5 Å². The number of piperidine rings is 1.